The molecule has 6 heteroatoms. The van der Waals surface area contributed by atoms with E-state index in [1.54, 1.807) is 12.3 Å². The van der Waals surface area contributed by atoms with Crippen LogP contribution in [0, 0.1) is 13.8 Å². The fourth-order valence-corrected chi connectivity index (χ4v) is 4.07. The van der Waals surface area contributed by atoms with Gasteiger partial charge >= 0.3 is 6.18 Å². The zero-order chi connectivity index (χ0) is 21.8. The minimum atomic E-state index is -4.17. The Morgan fingerprint density at radius 2 is 1.68 bits per heavy atom. The number of halogens is 3. The van der Waals surface area contributed by atoms with Crippen molar-refractivity contribution in [2.24, 2.45) is 0 Å². The smallest absolute Gasteiger partial charge is 0.389 e. The van der Waals surface area contributed by atoms with Crippen LogP contribution in [0.5, 0.6) is 0 Å². The third-order valence-electron chi connectivity index (χ3n) is 5.62. The van der Waals surface area contributed by atoms with Crippen LogP contribution in [0.3, 0.4) is 0 Å². The average molecular weight is 420 g/mol. The molecule has 0 radical (unpaired) electrons. The Morgan fingerprint density at radius 1 is 0.903 bits per heavy atom. The van der Waals surface area contributed by atoms with Gasteiger partial charge in [0, 0.05) is 40.0 Å². The maximum atomic E-state index is 12.6. The lowest BCUT2D eigenvalue weighted by atomic mass is 9.96. The first-order valence-electron chi connectivity index (χ1n) is 10.0. The minimum absolute atomic E-state index is 0.0414. The topological polar surface area (TPSA) is 38.9 Å². The molecule has 156 valence electrons. The van der Waals surface area contributed by atoms with Gasteiger partial charge in [0.05, 0.1) is 5.69 Å². The lowest BCUT2D eigenvalue weighted by molar-refractivity contribution is -0.133. The fourth-order valence-electron chi connectivity index (χ4n) is 4.07. The molecule has 0 saturated carbocycles. The molecule has 0 atom stereocenters. The van der Waals surface area contributed by atoms with Gasteiger partial charge in [-0.25, -0.2) is 4.98 Å². The highest BCUT2D eigenvalue weighted by Gasteiger charge is 2.26. The van der Waals surface area contributed by atoms with Crippen LogP contribution >= 0.6 is 0 Å². The van der Waals surface area contributed by atoms with Crippen molar-refractivity contribution in [3.8, 4) is 11.3 Å². The normalized spacial score (nSPS) is 12.3. The van der Waals surface area contributed by atoms with Crippen LogP contribution in [-0.2, 0) is 6.42 Å². The zero-order valence-corrected chi connectivity index (χ0v) is 17.0. The summed E-state index contributed by atoms with van der Waals surface area (Å²) in [6, 6.07) is 15.3. The van der Waals surface area contributed by atoms with E-state index in [9.17, 15) is 13.2 Å². The highest BCUT2D eigenvalue weighted by Crippen LogP contribution is 2.39. The van der Waals surface area contributed by atoms with Crippen LogP contribution in [0.25, 0.3) is 44.1 Å². The predicted molar refractivity (Wildman–Crippen MR) is 116 cm³/mol. The first-order chi connectivity index (χ1) is 14.8. The number of nitrogens with zero attached hydrogens (tertiary/aromatic N) is 2. The van der Waals surface area contributed by atoms with E-state index in [2.05, 4.69) is 9.97 Å². The van der Waals surface area contributed by atoms with Gasteiger partial charge in [0.1, 0.15) is 5.58 Å². The lowest BCUT2D eigenvalue weighted by Gasteiger charge is -2.11. The molecule has 0 saturated heterocycles. The van der Waals surface area contributed by atoms with E-state index in [1.807, 2.05) is 56.3 Å². The molecule has 0 amide bonds. The van der Waals surface area contributed by atoms with E-state index < -0.39 is 12.6 Å². The van der Waals surface area contributed by atoms with Gasteiger partial charge in [-0.15, -0.1) is 0 Å². The second-order valence-electron chi connectivity index (χ2n) is 7.87. The van der Waals surface area contributed by atoms with Crippen LogP contribution in [0.1, 0.15) is 23.2 Å². The number of alkyl halides is 3. The number of rotatable bonds is 3. The number of aromatic nitrogens is 2. The van der Waals surface area contributed by atoms with Crippen LogP contribution in [0.2, 0.25) is 0 Å². The number of fused-ring (bicyclic) bond motifs is 4. The average Bonchev–Trinajstić information content (AvgIpc) is 3.08. The van der Waals surface area contributed by atoms with Gasteiger partial charge in [-0.3, -0.25) is 4.98 Å². The van der Waals surface area contributed by atoms with Gasteiger partial charge in [-0.2, -0.15) is 13.2 Å². The second kappa shape index (κ2) is 7.08. The summed E-state index contributed by atoms with van der Waals surface area (Å²) in [5, 5.41) is 3.63. The summed E-state index contributed by atoms with van der Waals surface area (Å²) >= 11 is 0. The second-order valence-corrected chi connectivity index (χ2v) is 7.87. The quantitative estimate of drug-likeness (QED) is 0.307. The van der Waals surface area contributed by atoms with Crippen molar-refractivity contribution in [2.75, 3.05) is 0 Å². The standard InChI is InChI=1S/C25H19F3N2O/c1-14-3-6-19-20-7-4-15(2)30-24(20)31-23(19)21(14)22-18-8-5-16(9-11-25(26,27)28)13-17(18)10-12-29-22/h3-8,10,12-13H,9,11H2,1-2H3. The number of furan rings is 1. The van der Waals surface area contributed by atoms with Crippen molar-refractivity contribution < 1.29 is 17.6 Å². The molecule has 31 heavy (non-hydrogen) atoms. The molecule has 5 aromatic rings. The van der Waals surface area contributed by atoms with Crippen molar-refractivity contribution in [3.63, 3.8) is 0 Å². The summed E-state index contributed by atoms with van der Waals surface area (Å²) in [4.78, 5) is 9.14. The maximum Gasteiger partial charge on any atom is 0.389 e. The molecule has 0 spiro atoms. The SMILES string of the molecule is Cc1ccc2c(n1)oc1c(-c3nccc4cc(CCC(F)(F)F)ccc34)c(C)ccc12. The van der Waals surface area contributed by atoms with Gasteiger partial charge in [0.2, 0.25) is 5.71 Å². The Bertz CT molecular complexity index is 1450. The molecule has 3 heterocycles. The van der Waals surface area contributed by atoms with Crippen LogP contribution in [-0.4, -0.2) is 16.1 Å². The third kappa shape index (κ3) is 3.52. The van der Waals surface area contributed by atoms with E-state index in [0.29, 0.717) is 16.9 Å². The number of pyridine rings is 2. The van der Waals surface area contributed by atoms with Crippen LogP contribution in [0.4, 0.5) is 13.2 Å². The van der Waals surface area contributed by atoms with Gasteiger partial charge in [0.15, 0.2) is 0 Å². The molecule has 0 N–H and O–H groups in total. The Labute approximate surface area is 176 Å². The fraction of sp³-hybridized carbons (Fsp3) is 0.200. The summed E-state index contributed by atoms with van der Waals surface area (Å²) < 4.78 is 44.0. The number of aryl methyl sites for hydroxylation is 3. The van der Waals surface area contributed by atoms with E-state index in [4.69, 9.17) is 4.42 Å². The maximum absolute atomic E-state index is 12.6. The first-order valence-corrected chi connectivity index (χ1v) is 10.0. The van der Waals surface area contributed by atoms with Gasteiger partial charge in [0.25, 0.3) is 0 Å². The molecule has 0 aliphatic rings. The molecule has 3 nitrogen and oxygen atoms in total. The first kappa shape index (κ1) is 19.5. The Kier molecular flexibility index (Phi) is 4.46. The summed E-state index contributed by atoms with van der Waals surface area (Å²) in [7, 11) is 0. The zero-order valence-electron chi connectivity index (χ0n) is 17.0. The molecular weight excluding hydrogens is 401 g/mol. The highest BCUT2D eigenvalue weighted by atomic mass is 19.4. The molecule has 5 rings (SSSR count). The number of benzene rings is 2. The van der Waals surface area contributed by atoms with Crippen molar-refractivity contribution in [1.82, 2.24) is 9.97 Å². The molecule has 2 aromatic carbocycles. The summed E-state index contributed by atoms with van der Waals surface area (Å²) in [6.45, 7) is 3.92. The molecule has 0 aliphatic heterocycles. The van der Waals surface area contributed by atoms with Crippen molar-refractivity contribution in [1.29, 1.82) is 0 Å². The Morgan fingerprint density at radius 3 is 2.48 bits per heavy atom. The lowest BCUT2D eigenvalue weighted by Crippen LogP contribution is -2.08. The highest BCUT2D eigenvalue weighted by molar-refractivity contribution is 6.11. The Hall–Kier alpha value is -3.41. The molecular formula is C25H19F3N2O. The van der Waals surface area contributed by atoms with Crippen molar-refractivity contribution in [2.45, 2.75) is 32.9 Å². The van der Waals surface area contributed by atoms with E-state index >= 15 is 0 Å². The van der Waals surface area contributed by atoms with Crippen LogP contribution < -0.4 is 0 Å². The predicted octanol–water partition coefficient (Wildman–Crippen LogP) is 7.31. The van der Waals surface area contributed by atoms with E-state index in [1.165, 1.54) is 0 Å². The van der Waals surface area contributed by atoms with Crippen LogP contribution in [0.15, 0.2) is 59.1 Å². The van der Waals surface area contributed by atoms with Crippen molar-refractivity contribution >= 4 is 32.8 Å². The summed E-state index contributed by atoms with van der Waals surface area (Å²) in [5.74, 6) is 0. The Balaban J connectivity index is 1.70. The third-order valence-corrected chi connectivity index (χ3v) is 5.62. The van der Waals surface area contributed by atoms with E-state index in [0.717, 1.165) is 44.1 Å². The monoisotopic (exact) mass is 420 g/mol. The number of hydrogen-bond acceptors (Lipinski definition) is 3. The molecule has 0 unspecified atom stereocenters. The minimum Gasteiger partial charge on any atom is -0.437 e. The summed E-state index contributed by atoms with van der Waals surface area (Å²) in [6.07, 6.45) is -3.35. The molecule has 0 bridgehead atoms. The molecule has 0 aliphatic carbocycles. The summed E-state index contributed by atoms with van der Waals surface area (Å²) in [5.41, 5.74) is 5.45. The van der Waals surface area contributed by atoms with E-state index in [-0.39, 0.29) is 6.42 Å². The molecule has 0 fully saturated rings. The van der Waals surface area contributed by atoms with Gasteiger partial charge < -0.3 is 4.42 Å². The van der Waals surface area contributed by atoms with Crippen molar-refractivity contribution in [3.05, 3.63) is 71.5 Å². The molecule has 3 aromatic heterocycles. The van der Waals surface area contributed by atoms with Gasteiger partial charge in [-0.05, 0) is 55.0 Å². The largest absolute Gasteiger partial charge is 0.437 e. The number of hydrogen-bond donors (Lipinski definition) is 0. The van der Waals surface area contributed by atoms with Gasteiger partial charge in [-0.1, -0.05) is 30.3 Å².